The molecule has 0 aliphatic carbocycles. The van der Waals surface area contributed by atoms with Gasteiger partial charge in [-0.1, -0.05) is 0 Å². The van der Waals surface area contributed by atoms with Gasteiger partial charge in [-0.15, -0.1) is 0 Å². The summed E-state index contributed by atoms with van der Waals surface area (Å²) in [5.41, 5.74) is 0.623. The van der Waals surface area contributed by atoms with E-state index in [1.54, 1.807) is 24.2 Å². The summed E-state index contributed by atoms with van der Waals surface area (Å²) in [5, 5.41) is 11.6. The summed E-state index contributed by atoms with van der Waals surface area (Å²) >= 11 is 3.29. The summed E-state index contributed by atoms with van der Waals surface area (Å²) in [6, 6.07) is 1.78. The summed E-state index contributed by atoms with van der Waals surface area (Å²) in [6.07, 6.45) is 1.65. The average molecular weight is 288 g/mol. The second-order valence-corrected chi connectivity index (χ2v) is 4.27. The third kappa shape index (κ3) is 3.46. The number of likely N-dealkylation sites (N-methyl/N-ethyl adjacent to an activating group) is 1. The third-order valence-electron chi connectivity index (χ3n) is 1.94. The highest BCUT2D eigenvalue weighted by molar-refractivity contribution is 9.10. The Morgan fingerprint density at radius 2 is 2.38 bits per heavy atom. The zero-order chi connectivity index (χ0) is 12.1. The van der Waals surface area contributed by atoms with Crippen molar-refractivity contribution in [1.82, 2.24) is 4.98 Å². The molecule has 0 radical (unpaired) electrons. The summed E-state index contributed by atoms with van der Waals surface area (Å²) in [6.45, 7) is 1.94. The van der Waals surface area contributed by atoms with E-state index in [0.717, 1.165) is 4.47 Å². The van der Waals surface area contributed by atoms with Gasteiger partial charge in [0.1, 0.15) is 0 Å². The lowest BCUT2D eigenvalue weighted by molar-refractivity contribution is -0.114. The fraction of sp³-hybridized carbons (Fsp3) is 0.400. The Kier molecular flexibility index (Phi) is 4.70. The number of amides is 1. The fourth-order valence-corrected chi connectivity index (χ4v) is 1.61. The van der Waals surface area contributed by atoms with Crippen molar-refractivity contribution >= 4 is 33.3 Å². The molecule has 0 bridgehead atoms. The number of halogens is 1. The lowest BCUT2D eigenvalue weighted by atomic mass is 10.3. The van der Waals surface area contributed by atoms with Gasteiger partial charge in [0.05, 0.1) is 12.3 Å². The van der Waals surface area contributed by atoms with Gasteiger partial charge in [0, 0.05) is 31.2 Å². The zero-order valence-corrected chi connectivity index (χ0v) is 10.8. The molecule has 1 rings (SSSR count). The van der Waals surface area contributed by atoms with E-state index in [9.17, 15) is 4.79 Å². The molecule has 0 unspecified atom stereocenters. The number of carbonyl (C=O) groups excluding carboxylic acids is 1. The first-order chi connectivity index (χ1) is 7.54. The quantitative estimate of drug-likeness (QED) is 0.874. The molecular formula is C10H14BrN3O2. The van der Waals surface area contributed by atoms with Crippen molar-refractivity contribution in [3.05, 3.63) is 16.7 Å². The molecule has 1 amide bonds. The number of hydrogen-bond acceptors (Lipinski definition) is 4. The SMILES string of the molecule is CC(=O)Nc1cc(Br)cnc1N(C)CCO. The number of carbonyl (C=O) groups is 1. The summed E-state index contributed by atoms with van der Waals surface area (Å²) in [5.74, 6) is 0.478. The van der Waals surface area contributed by atoms with Gasteiger partial charge in [-0.25, -0.2) is 4.98 Å². The highest BCUT2D eigenvalue weighted by Crippen LogP contribution is 2.25. The van der Waals surface area contributed by atoms with Crippen LogP contribution in [0.1, 0.15) is 6.92 Å². The number of pyridine rings is 1. The maximum Gasteiger partial charge on any atom is 0.221 e. The van der Waals surface area contributed by atoms with E-state index >= 15 is 0 Å². The molecule has 0 aliphatic heterocycles. The maximum atomic E-state index is 11.0. The second kappa shape index (κ2) is 5.81. The van der Waals surface area contributed by atoms with E-state index in [-0.39, 0.29) is 12.5 Å². The van der Waals surface area contributed by atoms with Crippen molar-refractivity contribution in [3.63, 3.8) is 0 Å². The van der Waals surface area contributed by atoms with E-state index in [1.807, 2.05) is 0 Å². The molecule has 0 aliphatic rings. The molecule has 0 saturated heterocycles. The highest BCUT2D eigenvalue weighted by Gasteiger charge is 2.10. The Labute approximate surface area is 103 Å². The minimum absolute atomic E-state index is 0.0355. The van der Waals surface area contributed by atoms with E-state index in [4.69, 9.17) is 5.11 Å². The molecule has 2 N–H and O–H groups in total. The Balaban J connectivity index is 3.01. The molecule has 0 atom stereocenters. The standard InChI is InChI=1S/C10H14BrN3O2/c1-7(16)13-9-5-8(11)6-12-10(9)14(2)3-4-15/h5-6,15H,3-4H2,1-2H3,(H,13,16). The molecule has 0 saturated carbocycles. The number of nitrogens with zero attached hydrogens (tertiary/aromatic N) is 2. The van der Waals surface area contributed by atoms with Crippen molar-refractivity contribution in [1.29, 1.82) is 0 Å². The molecule has 1 aromatic heterocycles. The van der Waals surface area contributed by atoms with Crippen LogP contribution in [0.4, 0.5) is 11.5 Å². The van der Waals surface area contributed by atoms with Crippen molar-refractivity contribution in [3.8, 4) is 0 Å². The van der Waals surface area contributed by atoms with Crippen LogP contribution in [0.2, 0.25) is 0 Å². The molecule has 88 valence electrons. The predicted molar refractivity (Wildman–Crippen MR) is 66.6 cm³/mol. The van der Waals surface area contributed by atoms with Gasteiger partial charge >= 0.3 is 0 Å². The van der Waals surface area contributed by atoms with Crippen LogP contribution in [0, 0.1) is 0 Å². The number of aromatic nitrogens is 1. The Hall–Kier alpha value is -1.14. The lowest BCUT2D eigenvalue weighted by Gasteiger charge is -2.20. The molecule has 16 heavy (non-hydrogen) atoms. The van der Waals surface area contributed by atoms with Gasteiger partial charge in [0.15, 0.2) is 5.82 Å². The number of aliphatic hydroxyl groups excluding tert-OH is 1. The van der Waals surface area contributed by atoms with Crippen LogP contribution in [0.3, 0.4) is 0 Å². The summed E-state index contributed by atoms with van der Waals surface area (Å²) < 4.78 is 0.789. The van der Waals surface area contributed by atoms with Gasteiger partial charge in [-0.2, -0.15) is 0 Å². The van der Waals surface area contributed by atoms with E-state index in [2.05, 4.69) is 26.2 Å². The van der Waals surface area contributed by atoms with Crippen LogP contribution < -0.4 is 10.2 Å². The highest BCUT2D eigenvalue weighted by atomic mass is 79.9. The first-order valence-corrected chi connectivity index (χ1v) is 5.59. The lowest BCUT2D eigenvalue weighted by Crippen LogP contribution is -2.24. The van der Waals surface area contributed by atoms with Gasteiger partial charge in [-0.3, -0.25) is 4.79 Å². The molecule has 0 fully saturated rings. The summed E-state index contributed by atoms with van der Waals surface area (Å²) in [4.78, 5) is 17.0. The number of nitrogens with one attached hydrogen (secondary N) is 1. The molecule has 1 heterocycles. The van der Waals surface area contributed by atoms with Gasteiger partial charge in [-0.05, 0) is 22.0 Å². The zero-order valence-electron chi connectivity index (χ0n) is 9.20. The number of anilines is 2. The normalized spacial score (nSPS) is 10.0. The van der Waals surface area contributed by atoms with E-state index < -0.39 is 0 Å². The molecule has 6 heteroatoms. The summed E-state index contributed by atoms with van der Waals surface area (Å²) in [7, 11) is 1.80. The minimum Gasteiger partial charge on any atom is -0.395 e. The molecule has 1 aromatic rings. The van der Waals surface area contributed by atoms with Crippen LogP contribution in [-0.2, 0) is 4.79 Å². The maximum absolute atomic E-state index is 11.0. The smallest absolute Gasteiger partial charge is 0.221 e. The van der Waals surface area contributed by atoms with Gasteiger partial charge in [0.2, 0.25) is 5.91 Å². The van der Waals surface area contributed by atoms with Crippen LogP contribution in [0.25, 0.3) is 0 Å². The number of rotatable bonds is 4. The van der Waals surface area contributed by atoms with Crippen LogP contribution >= 0.6 is 15.9 Å². The first kappa shape index (κ1) is 12.9. The molecule has 0 aromatic carbocycles. The topological polar surface area (TPSA) is 65.5 Å². The number of hydrogen-bond donors (Lipinski definition) is 2. The first-order valence-electron chi connectivity index (χ1n) is 4.79. The van der Waals surface area contributed by atoms with Gasteiger partial charge < -0.3 is 15.3 Å². The van der Waals surface area contributed by atoms with Crippen LogP contribution in [0.5, 0.6) is 0 Å². The minimum atomic E-state index is -0.154. The molecule has 0 spiro atoms. The van der Waals surface area contributed by atoms with Crippen LogP contribution in [-0.4, -0.2) is 36.2 Å². The molecular weight excluding hydrogens is 274 g/mol. The predicted octanol–water partition coefficient (Wildman–Crippen LogP) is 1.23. The average Bonchev–Trinajstić information content (AvgIpc) is 2.16. The van der Waals surface area contributed by atoms with Gasteiger partial charge in [0.25, 0.3) is 0 Å². The van der Waals surface area contributed by atoms with Crippen LogP contribution in [0.15, 0.2) is 16.7 Å². The van der Waals surface area contributed by atoms with E-state index in [0.29, 0.717) is 18.1 Å². The van der Waals surface area contributed by atoms with Crippen molar-refractivity contribution in [2.45, 2.75) is 6.92 Å². The van der Waals surface area contributed by atoms with Crippen molar-refractivity contribution in [2.24, 2.45) is 0 Å². The Bertz CT molecular complexity index is 384. The van der Waals surface area contributed by atoms with Crippen molar-refractivity contribution in [2.75, 3.05) is 30.4 Å². The number of aliphatic hydroxyl groups is 1. The van der Waals surface area contributed by atoms with Crippen molar-refractivity contribution < 1.29 is 9.90 Å². The third-order valence-corrected chi connectivity index (χ3v) is 2.37. The second-order valence-electron chi connectivity index (χ2n) is 3.35. The van der Waals surface area contributed by atoms with E-state index in [1.165, 1.54) is 6.92 Å². The molecule has 5 nitrogen and oxygen atoms in total. The fourth-order valence-electron chi connectivity index (χ4n) is 1.27. The largest absolute Gasteiger partial charge is 0.395 e. The monoisotopic (exact) mass is 287 g/mol. The Morgan fingerprint density at radius 1 is 1.69 bits per heavy atom. The Morgan fingerprint density at radius 3 is 2.94 bits per heavy atom.